The Bertz CT molecular complexity index is 1250. The van der Waals surface area contributed by atoms with Crippen molar-refractivity contribution in [1.29, 1.82) is 0 Å². The van der Waals surface area contributed by atoms with Crippen LogP contribution < -0.4 is 5.32 Å². The maximum atomic E-state index is 13.9. The number of aromatic nitrogens is 2. The molecule has 1 N–H and O–H groups in total. The monoisotopic (exact) mass is 529 g/mol. The average Bonchev–Trinajstić information content (AvgIpc) is 3.53. The third-order valence-electron chi connectivity index (χ3n) is 6.92. The van der Waals surface area contributed by atoms with Crippen LogP contribution in [-0.2, 0) is 16.2 Å². The van der Waals surface area contributed by atoms with Crippen LogP contribution in [0.2, 0.25) is 0 Å². The zero-order valence-corrected chi connectivity index (χ0v) is 20.9. The molecule has 1 saturated heterocycles. The summed E-state index contributed by atoms with van der Waals surface area (Å²) in [6.07, 6.45) is 0.383. The summed E-state index contributed by atoms with van der Waals surface area (Å²) >= 11 is 1.22. The second-order valence-electron chi connectivity index (χ2n) is 9.55. The van der Waals surface area contributed by atoms with E-state index in [2.05, 4.69) is 15.3 Å². The van der Waals surface area contributed by atoms with Crippen LogP contribution in [0.15, 0.2) is 12.3 Å². The summed E-state index contributed by atoms with van der Waals surface area (Å²) in [5, 5.41) is 3.07. The lowest BCUT2D eigenvalue weighted by atomic mass is 9.93. The van der Waals surface area contributed by atoms with Crippen molar-refractivity contribution >= 4 is 33.2 Å². The fourth-order valence-electron chi connectivity index (χ4n) is 4.85. The molecule has 1 amide bonds. The molecule has 0 aromatic carbocycles. The summed E-state index contributed by atoms with van der Waals surface area (Å²) in [5.74, 6) is 0.468. The van der Waals surface area contributed by atoms with Crippen molar-refractivity contribution in [3.8, 4) is 10.6 Å². The first kappa shape index (κ1) is 24.4. The van der Waals surface area contributed by atoms with E-state index < -0.39 is 21.8 Å². The number of amides is 1. The van der Waals surface area contributed by atoms with Crippen LogP contribution in [0.25, 0.3) is 10.6 Å². The molecule has 1 aliphatic carbocycles. The molecule has 190 valence electrons. The number of hydrogen-bond donors (Lipinski definition) is 1. The highest BCUT2D eigenvalue weighted by atomic mass is 32.2. The number of carbonyl (C=O) groups excluding carboxylic acids is 1. The van der Waals surface area contributed by atoms with Crippen LogP contribution in [0.4, 0.5) is 19.1 Å². The number of nitrogens with one attached hydrogen (secondary N) is 1. The number of rotatable bonds is 5. The second-order valence-corrected chi connectivity index (χ2v) is 12.6. The van der Waals surface area contributed by atoms with Crippen molar-refractivity contribution in [3.05, 3.63) is 28.3 Å². The summed E-state index contributed by atoms with van der Waals surface area (Å²) in [7, 11) is -1.56. The van der Waals surface area contributed by atoms with Crippen LogP contribution >= 0.6 is 11.3 Å². The lowest BCUT2D eigenvalue weighted by molar-refractivity contribution is -0.137. The Hall–Kier alpha value is -2.25. The standard InChI is InChI=1S/C22H26F3N5O3S2/c1-29-11-15(12-3-4-12)19-14(20(29)31)9-17(34-19)18-16(22(23,24)25)10-26-21(28-18)27-13-5-7-30(8-6-13)35(2,32)33/h9-10,12-13,15H,3-8,11H2,1-2H3,(H,26,27,28). The summed E-state index contributed by atoms with van der Waals surface area (Å²) in [6, 6.07) is 1.38. The lowest BCUT2D eigenvalue weighted by Gasteiger charge is -2.30. The summed E-state index contributed by atoms with van der Waals surface area (Å²) < 4.78 is 66.5. The number of nitrogens with zero attached hydrogens (tertiary/aromatic N) is 4. The van der Waals surface area contributed by atoms with Gasteiger partial charge in [0.2, 0.25) is 16.0 Å². The number of carbonyl (C=O) groups is 1. The van der Waals surface area contributed by atoms with Gasteiger partial charge in [0.05, 0.1) is 22.4 Å². The van der Waals surface area contributed by atoms with Gasteiger partial charge < -0.3 is 10.2 Å². The number of alkyl halides is 3. The van der Waals surface area contributed by atoms with Crippen LogP contribution in [0, 0.1) is 5.92 Å². The van der Waals surface area contributed by atoms with Gasteiger partial charge in [-0.2, -0.15) is 13.2 Å². The van der Waals surface area contributed by atoms with E-state index in [0.717, 1.165) is 30.2 Å². The largest absolute Gasteiger partial charge is 0.420 e. The van der Waals surface area contributed by atoms with Gasteiger partial charge >= 0.3 is 6.18 Å². The first-order valence-electron chi connectivity index (χ1n) is 11.5. The van der Waals surface area contributed by atoms with E-state index in [9.17, 15) is 26.4 Å². The molecule has 35 heavy (non-hydrogen) atoms. The van der Waals surface area contributed by atoms with E-state index >= 15 is 0 Å². The molecule has 13 heteroatoms. The van der Waals surface area contributed by atoms with E-state index in [0.29, 0.717) is 48.8 Å². The molecular weight excluding hydrogens is 503 g/mol. The van der Waals surface area contributed by atoms with Crippen molar-refractivity contribution in [2.75, 3.05) is 38.3 Å². The molecular formula is C22H26F3N5O3S2. The molecule has 8 nitrogen and oxygen atoms in total. The number of anilines is 1. The van der Waals surface area contributed by atoms with Gasteiger partial charge in [0, 0.05) is 49.7 Å². The smallest absolute Gasteiger partial charge is 0.351 e. The second kappa shape index (κ2) is 8.70. The fraction of sp³-hybridized carbons (Fsp3) is 0.591. The molecule has 2 aliphatic heterocycles. The molecule has 2 fully saturated rings. The Labute approximate surface area is 205 Å². The predicted octanol–water partition coefficient (Wildman–Crippen LogP) is 3.64. The minimum Gasteiger partial charge on any atom is -0.351 e. The number of fused-ring (bicyclic) bond motifs is 1. The van der Waals surface area contributed by atoms with Gasteiger partial charge in [-0.1, -0.05) is 0 Å². The van der Waals surface area contributed by atoms with Gasteiger partial charge in [-0.15, -0.1) is 11.3 Å². The highest BCUT2D eigenvalue weighted by Gasteiger charge is 2.42. The zero-order chi connectivity index (χ0) is 25.1. The highest BCUT2D eigenvalue weighted by Crippen LogP contribution is 2.50. The van der Waals surface area contributed by atoms with E-state index in [-0.39, 0.29) is 29.5 Å². The number of sulfonamides is 1. The Morgan fingerprint density at radius 2 is 1.86 bits per heavy atom. The molecule has 2 aromatic rings. The van der Waals surface area contributed by atoms with Gasteiger partial charge in [-0.25, -0.2) is 22.7 Å². The number of likely N-dealkylation sites (N-methyl/N-ethyl adjacent to an activating group) is 1. The Kier molecular flexibility index (Phi) is 6.07. The number of halogens is 3. The van der Waals surface area contributed by atoms with E-state index in [1.807, 2.05) is 0 Å². The maximum Gasteiger partial charge on any atom is 0.420 e. The highest BCUT2D eigenvalue weighted by molar-refractivity contribution is 7.88. The van der Waals surface area contributed by atoms with Crippen molar-refractivity contribution < 1.29 is 26.4 Å². The molecule has 2 aromatic heterocycles. The fourth-order valence-corrected chi connectivity index (χ4v) is 7.07. The number of hydrogen-bond acceptors (Lipinski definition) is 7. The predicted molar refractivity (Wildman–Crippen MR) is 126 cm³/mol. The van der Waals surface area contributed by atoms with Crippen LogP contribution in [0.1, 0.15) is 52.4 Å². The zero-order valence-electron chi connectivity index (χ0n) is 19.3. The first-order valence-corrected chi connectivity index (χ1v) is 14.1. The Morgan fingerprint density at radius 1 is 1.17 bits per heavy atom. The van der Waals surface area contributed by atoms with Crippen molar-refractivity contribution in [3.63, 3.8) is 0 Å². The molecule has 1 atom stereocenters. The van der Waals surface area contributed by atoms with Gasteiger partial charge in [0.15, 0.2) is 0 Å². The normalized spacial score (nSPS) is 22.4. The van der Waals surface area contributed by atoms with Gasteiger partial charge in [0.25, 0.3) is 5.91 Å². The molecule has 0 spiro atoms. The minimum absolute atomic E-state index is 0.0550. The van der Waals surface area contributed by atoms with Crippen molar-refractivity contribution in [1.82, 2.24) is 19.2 Å². The molecule has 1 saturated carbocycles. The first-order chi connectivity index (χ1) is 16.4. The maximum absolute atomic E-state index is 13.9. The molecule has 1 unspecified atom stereocenters. The quantitative estimate of drug-likeness (QED) is 0.636. The van der Waals surface area contributed by atoms with Crippen molar-refractivity contribution in [2.24, 2.45) is 5.92 Å². The SMILES string of the molecule is CN1CC(C2CC2)c2sc(-c3nc(NC4CCN(S(C)(=O)=O)CC4)ncc3C(F)(F)F)cc2C1=O. The molecule has 5 rings (SSSR count). The van der Waals surface area contributed by atoms with Crippen LogP contribution in [0.5, 0.6) is 0 Å². The van der Waals surface area contributed by atoms with E-state index in [1.54, 1.807) is 18.0 Å². The number of thiophene rings is 1. The van der Waals surface area contributed by atoms with Crippen molar-refractivity contribution in [2.45, 2.75) is 43.8 Å². The third-order valence-corrected chi connectivity index (χ3v) is 9.50. The number of piperidine rings is 1. The summed E-state index contributed by atoms with van der Waals surface area (Å²) in [6.45, 7) is 1.21. The summed E-state index contributed by atoms with van der Waals surface area (Å²) in [4.78, 5) is 23.7. The molecule has 0 bridgehead atoms. The van der Waals surface area contributed by atoms with Crippen LogP contribution in [0.3, 0.4) is 0 Å². The van der Waals surface area contributed by atoms with E-state index in [4.69, 9.17) is 0 Å². The Morgan fingerprint density at radius 3 is 2.46 bits per heavy atom. The lowest BCUT2D eigenvalue weighted by Crippen LogP contribution is -2.42. The van der Waals surface area contributed by atoms with Gasteiger partial charge in [0.1, 0.15) is 5.56 Å². The minimum atomic E-state index is -4.66. The Balaban J connectivity index is 1.46. The van der Waals surface area contributed by atoms with Crippen LogP contribution in [-0.4, -0.2) is 72.5 Å². The summed E-state index contributed by atoms with van der Waals surface area (Å²) in [5.41, 5.74) is -0.727. The van der Waals surface area contributed by atoms with Gasteiger partial charge in [-0.3, -0.25) is 4.79 Å². The molecule has 0 radical (unpaired) electrons. The van der Waals surface area contributed by atoms with E-state index in [1.165, 1.54) is 15.6 Å². The third kappa shape index (κ3) is 4.90. The molecule has 4 heterocycles. The average molecular weight is 530 g/mol. The van der Waals surface area contributed by atoms with Gasteiger partial charge in [-0.05, 0) is 37.7 Å². The molecule has 3 aliphatic rings. The topological polar surface area (TPSA) is 95.5 Å².